The second kappa shape index (κ2) is 10.4. The van der Waals surface area contributed by atoms with Gasteiger partial charge in [-0.3, -0.25) is 14.2 Å². The van der Waals surface area contributed by atoms with Crippen LogP contribution in [0, 0.1) is 5.92 Å². The number of rotatable bonds is 8. The summed E-state index contributed by atoms with van der Waals surface area (Å²) in [5, 5.41) is 2.99. The Labute approximate surface area is 187 Å². The van der Waals surface area contributed by atoms with Crippen molar-refractivity contribution in [2.75, 3.05) is 38.3 Å². The van der Waals surface area contributed by atoms with Crippen LogP contribution in [0.25, 0.3) is 11.2 Å². The Morgan fingerprint density at radius 3 is 2.88 bits per heavy atom. The number of methoxy groups -OCH3 is 1. The van der Waals surface area contributed by atoms with Crippen molar-refractivity contribution >= 4 is 22.9 Å². The number of anilines is 1. The van der Waals surface area contributed by atoms with E-state index in [0.29, 0.717) is 49.8 Å². The van der Waals surface area contributed by atoms with Crippen molar-refractivity contribution in [3.05, 3.63) is 64.6 Å². The second-order valence-electron chi connectivity index (χ2n) is 8.08. The first kappa shape index (κ1) is 22.0. The monoisotopic (exact) mass is 435 g/mol. The Balaban J connectivity index is 1.60. The standard InChI is InChI=1S/C24H29N5O3/c1-32-15-7-13-26-23(30)19-10-6-14-28(17-19)22-24(31)29(16-18-8-3-2-4-9-18)21-20(27-22)11-5-12-25-21/h2-5,8-9,11-12,19H,6-7,10,13-17H2,1H3,(H,26,30). The van der Waals surface area contributed by atoms with Crippen molar-refractivity contribution in [3.8, 4) is 0 Å². The Morgan fingerprint density at radius 1 is 1.22 bits per heavy atom. The SMILES string of the molecule is COCCCNC(=O)C1CCCN(c2nc3cccnc3n(Cc3ccccc3)c2=O)C1. The van der Waals surface area contributed by atoms with Gasteiger partial charge in [-0.1, -0.05) is 30.3 Å². The quantitative estimate of drug-likeness (QED) is 0.546. The number of carbonyl (C=O) groups is 1. The van der Waals surface area contributed by atoms with Gasteiger partial charge in [-0.05, 0) is 37.0 Å². The lowest BCUT2D eigenvalue weighted by Crippen LogP contribution is -2.46. The fraction of sp³-hybridized carbons (Fsp3) is 0.417. The number of carbonyl (C=O) groups excluding carboxylic acids is 1. The Hall–Kier alpha value is -3.26. The first-order chi connectivity index (χ1) is 15.7. The molecule has 0 aliphatic carbocycles. The topological polar surface area (TPSA) is 89.3 Å². The van der Waals surface area contributed by atoms with Crippen molar-refractivity contribution in [2.45, 2.75) is 25.8 Å². The zero-order valence-corrected chi connectivity index (χ0v) is 18.4. The van der Waals surface area contributed by atoms with Crippen molar-refractivity contribution in [3.63, 3.8) is 0 Å². The van der Waals surface area contributed by atoms with Crippen molar-refractivity contribution in [2.24, 2.45) is 5.92 Å². The molecule has 1 aliphatic rings. The highest BCUT2D eigenvalue weighted by atomic mass is 16.5. The zero-order chi connectivity index (χ0) is 22.3. The van der Waals surface area contributed by atoms with Gasteiger partial charge >= 0.3 is 0 Å². The van der Waals surface area contributed by atoms with Gasteiger partial charge in [-0.15, -0.1) is 0 Å². The number of amides is 1. The lowest BCUT2D eigenvalue weighted by Gasteiger charge is -2.32. The van der Waals surface area contributed by atoms with Gasteiger partial charge in [0, 0.05) is 39.5 Å². The van der Waals surface area contributed by atoms with E-state index in [0.717, 1.165) is 24.8 Å². The van der Waals surface area contributed by atoms with Gasteiger partial charge in [-0.2, -0.15) is 0 Å². The average Bonchev–Trinajstić information content (AvgIpc) is 2.84. The highest BCUT2D eigenvalue weighted by Crippen LogP contribution is 2.22. The van der Waals surface area contributed by atoms with E-state index >= 15 is 0 Å². The highest BCUT2D eigenvalue weighted by Gasteiger charge is 2.28. The van der Waals surface area contributed by atoms with Crippen LogP contribution < -0.4 is 15.8 Å². The molecule has 0 spiro atoms. The molecule has 0 radical (unpaired) electrons. The predicted molar refractivity (Wildman–Crippen MR) is 124 cm³/mol. The molecule has 1 unspecified atom stereocenters. The molecule has 32 heavy (non-hydrogen) atoms. The maximum atomic E-state index is 13.5. The number of piperidine rings is 1. The maximum Gasteiger partial charge on any atom is 0.295 e. The minimum absolute atomic E-state index is 0.0258. The minimum Gasteiger partial charge on any atom is -0.385 e. The molecule has 8 nitrogen and oxygen atoms in total. The number of ether oxygens (including phenoxy) is 1. The molecule has 8 heteroatoms. The number of fused-ring (bicyclic) bond motifs is 1. The van der Waals surface area contributed by atoms with Crippen LogP contribution in [0.4, 0.5) is 5.82 Å². The lowest BCUT2D eigenvalue weighted by atomic mass is 9.97. The number of benzene rings is 1. The fourth-order valence-electron chi connectivity index (χ4n) is 4.14. The van der Waals surface area contributed by atoms with Crippen LogP contribution in [0.5, 0.6) is 0 Å². The number of nitrogens with zero attached hydrogens (tertiary/aromatic N) is 4. The molecule has 1 amide bonds. The van der Waals surface area contributed by atoms with Crippen LogP contribution in [-0.2, 0) is 16.1 Å². The van der Waals surface area contributed by atoms with E-state index in [1.807, 2.05) is 47.4 Å². The summed E-state index contributed by atoms with van der Waals surface area (Å²) >= 11 is 0. The zero-order valence-electron chi connectivity index (χ0n) is 18.4. The van der Waals surface area contributed by atoms with Crippen LogP contribution in [-0.4, -0.2) is 53.8 Å². The number of nitrogens with one attached hydrogen (secondary N) is 1. The van der Waals surface area contributed by atoms with Crippen LogP contribution in [0.2, 0.25) is 0 Å². The summed E-state index contributed by atoms with van der Waals surface area (Å²) in [5.74, 6) is 0.246. The Kier molecular flexibility index (Phi) is 7.11. The summed E-state index contributed by atoms with van der Waals surface area (Å²) < 4.78 is 6.72. The van der Waals surface area contributed by atoms with E-state index in [1.165, 1.54) is 0 Å². The number of hydrogen-bond acceptors (Lipinski definition) is 6. The average molecular weight is 436 g/mol. The maximum absolute atomic E-state index is 13.5. The number of pyridine rings is 1. The first-order valence-electron chi connectivity index (χ1n) is 11.1. The molecular weight excluding hydrogens is 406 g/mol. The van der Waals surface area contributed by atoms with Crippen LogP contribution in [0.3, 0.4) is 0 Å². The Bertz CT molecular complexity index is 1120. The van der Waals surface area contributed by atoms with Gasteiger partial charge in [-0.25, -0.2) is 9.97 Å². The lowest BCUT2D eigenvalue weighted by molar-refractivity contribution is -0.125. The third-order valence-corrected chi connectivity index (χ3v) is 5.78. The van der Waals surface area contributed by atoms with Gasteiger partial charge in [0.25, 0.3) is 5.56 Å². The Morgan fingerprint density at radius 2 is 2.06 bits per heavy atom. The molecule has 3 aromatic rings. The molecule has 2 aromatic heterocycles. The fourth-order valence-corrected chi connectivity index (χ4v) is 4.14. The molecule has 4 rings (SSSR count). The normalized spacial score (nSPS) is 16.3. The van der Waals surface area contributed by atoms with Crippen molar-refractivity contribution in [1.29, 1.82) is 0 Å². The van der Waals surface area contributed by atoms with Crippen LogP contribution >= 0.6 is 0 Å². The summed E-state index contributed by atoms with van der Waals surface area (Å²) in [6.07, 6.45) is 4.10. The first-order valence-corrected chi connectivity index (χ1v) is 11.1. The molecule has 0 saturated carbocycles. The van der Waals surface area contributed by atoms with Gasteiger partial charge in [0.1, 0.15) is 5.52 Å². The third kappa shape index (κ3) is 4.96. The summed E-state index contributed by atoms with van der Waals surface area (Å²) in [4.78, 5) is 37.2. The number of aromatic nitrogens is 3. The molecule has 1 atom stereocenters. The van der Waals surface area contributed by atoms with Gasteiger partial charge < -0.3 is 15.0 Å². The van der Waals surface area contributed by atoms with E-state index in [4.69, 9.17) is 4.74 Å². The minimum atomic E-state index is -0.179. The van der Waals surface area contributed by atoms with Crippen LogP contribution in [0.1, 0.15) is 24.8 Å². The molecular formula is C24H29N5O3. The molecule has 1 aromatic carbocycles. The smallest absolute Gasteiger partial charge is 0.295 e. The number of hydrogen-bond donors (Lipinski definition) is 1. The van der Waals surface area contributed by atoms with E-state index in [-0.39, 0.29) is 17.4 Å². The summed E-state index contributed by atoms with van der Waals surface area (Å²) in [6, 6.07) is 13.5. The van der Waals surface area contributed by atoms with E-state index in [9.17, 15) is 9.59 Å². The van der Waals surface area contributed by atoms with E-state index in [1.54, 1.807) is 17.9 Å². The van der Waals surface area contributed by atoms with Gasteiger partial charge in [0.2, 0.25) is 5.91 Å². The van der Waals surface area contributed by atoms with Crippen molar-refractivity contribution < 1.29 is 9.53 Å². The highest BCUT2D eigenvalue weighted by molar-refractivity contribution is 5.79. The molecule has 3 heterocycles. The van der Waals surface area contributed by atoms with Crippen molar-refractivity contribution in [1.82, 2.24) is 19.9 Å². The van der Waals surface area contributed by atoms with E-state index in [2.05, 4.69) is 15.3 Å². The summed E-state index contributed by atoms with van der Waals surface area (Å²) in [6.45, 7) is 2.81. The molecule has 1 aliphatic heterocycles. The summed E-state index contributed by atoms with van der Waals surface area (Å²) in [7, 11) is 1.65. The van der Waals surface area contributed by atoms with Gasteiger partial charge in [0.05, 0.1) is 12.5 Å². The second-order valence-corrected chi connectivity index (χ2v) is 8.08. The predicted octanol–water partition coefficient (Wildman–Crippen LogP) is 2.21. The molecule has 0 bridgehead atoms. The third-order valence-electron chi connectivity index (χ3n) is 5.78. The van der Waals surface area contributed by atoms with Crippen LogP contribution in [0.15, 0.2) is 53.5 Å². The molecule has 1 saturated heterocycles. The molecule has 1 fully saturated rings. The molecule has 168 valence electrons. The van der Waals surface area contributed by atoms with E-state index < -0.39 is 0 Å². The molecule has 1 N–H and O–H groups in total. The largest absolute Gasteiger partial charge is 0.385 e. The van der Waals surface area contributed by atoms with Gasteiger partial charge in [0.15, 0.2) is 11.5 Å². The summed E-state index contributed by atoms with van der Waals surface area (Å²) in [5.41, 5.74) is 2.07.